The molecule has 0 aromatic heterocycles. The molecule has 1 aromatic rings. The highest BCUT2D eigenvalue weighted by Crippen LogP contribution is 2.35. The van der Waals surface area contributed by atoms with E-state index >= 15 is 0 Å². The first-order valence-corrected chi connectivity index (χ1v) is 7.95. The van der Waals surface area contributed by atoms with E-state index in [2.05, 4.69) is 45.1 Å². The summed E-state index contributed by atoms with van der Waals surface area (Å²) in [4.78, 5) is 14.7. The Morgan fingerprint density at radius 2 is 1.90 bits per heavy atom. The Balaban J connectivity index is 2.03. The molecule has 1 atom stereocenters. The van der Waals surface area contributed by atoms with Gasteiger partial charge in [0.1, 0.15) is 0 Å². The van der Waals surface area contributed by atoms with E-state index < -0.39 is 0 Å². The highest BCUT2D eigenvalue weighted by atomic mass is 16.2. The van der Waals surface area contributed by atoms with Gasteiger partial charge in [-0.15, -0.1) is 0 Å². The zero-order valence-corrected chi connectivity index (χ0v) is 13.7. The van der Waals surface area contributed by atoms with Crippen LogP contribution in [0.25, 0.3) is 0 Å². The van der Waals surface area contributed by atoms with Crippen molar-refractivity contribution in [2.24, 2.45) is 5.92 Å². The fourth-order valence-corrected chi connectivity index (χ4v) is 2.51. The number of amides is 1. The van der Waals surface area contributed by atoms with Crippen molar-refractivity contribution in [3.63, 3.8) is 0 Å². The SMILES string of the molecule is CC(C1CC1)N(Cc1ccccc1)C(=O)CNC(C)(C)C. The minimum absolute atomic E-state index is 0.0309. The molecule has 1 aliphatic rings. The van der Waals surface area contributed by atoms with Crippen LogP contribution in [0.15, 0.2) is 30.3 Å². The van der Waals surface area contributed by atoms with Gasteiger partial charge in [-0.3, -0.25) is 4.79 Å². The van der Waals surface area contributed by atoms with Crippen LogP contribution in [0, 0.1) is 5.92 Å². The van der Waals surface area contributed by atoms with E-state index in [1.807, 2.05) is 23.1 Å². The van der Waals surface area contributed by atoms with Crippen molar-refractivity contribution in [2.45, 2.75) is 58.7 Å². The number of benzene rings is 1. The molecule has 0 aliphatic heterocycles. The van der Waals surface area contributed by atoms with Crippen molar-refractivity contribution in [1.29, 1.82) is 0 Å². The Labute approximate surface area is 128 Å². The lowest BCUT2D eigenvalue weighted by Crippen LogP contribution is -2.47. The number of hydrogen-bond donors (Lipinski definition) is 1. The maximum atomic E-state index is 12.6. The second-order valence-electron chi connectivity index (χ2n) is 7.19. The normalized spacial score (nSPS) is 16.6. The maximum Gasteiger partial charge on any atom is 0.237 e. The van der Waals surface area contributed by atoms with E-state index in [0.29, 0.717) is 25.0 Å². The Bertz CT molecular complexity index is 460. The van der Waals surface area contributed by atoms with Crippen molar-refractivity contribution in [3.05, 3.63) is 35.9 Å². The molecule has 0 bridgehead atoms. The van der Waals surface area contributed by atoms with Gasteiger partial charge in [0, 0.05) is 18.1 Å². The van der Waals surface area contributed by atoms with E-state index in [1.165, 1.54) is 18.4 Å². The second-order valence-corrected chi connectivity index (χ2v) is 7.19. The van der Waals surface area contributed by atoms with E-state index in [9.17, 15) is 4.79 Å². The predicted octanol–water partition coefficient (Wildman–Crippen LogP) is 3.20. The van der Waals surface area contributed by atoms with Gasteiger partial charge in [-0.2, -0.15) is 0 Å². The molecule has 2 rings (SSSR count). The van der Waals surface area contributed by atoms with Crippen LogP contribution < -0.4 is 5.32 Å². The lowest BCUT2D eigenvalue weighted by atomic mass is 10.1. The van der Waals surface area contributed by atoms with Crippen LogP contribution in [-0.2, 0) is 11.3 Å². The number of carbonyl (C=O) groups excluding carboxylic acids is 1. The van der Waals surface area contributed by atoms with Gasteiger partial charge in [0.25, 0.3) is 0 Å². The maximum absolute atomic E-state index is 12.6. The highest BCUT2D eigenvalue weighted by Gasteiger charge is 2.34. The summed E-state index contributed by atoms with van der Waals surface area (Å²) in [5, 5.41) is 3.31. The first-order chi connectivity index (χ1) is 9.87. The molecule has 0 saturated heterocycles. The van der Waals surface area contributed by atoms with Crippen LogP contribution in [0.2, 0.25) is 0 Å². The van der Waals surface area contributed by atoms with Gasteiger partial charge >= 0.3 is 0 Å². The average molecular weight is 288 g/mol. The van der Waals surface area contributed by atoms with Gasteiger partial charge in [0.15, 0.2) is 0 Å². The van der Waals surface area contributed by atoms with E-state index in [0.717, 1.165) is 0 Å². The zero-order chi connectivity index (χ0) is 15.5. The summed E-state index contributed by atoms with van der Waals surface area (Å²) in [5.74, 6) is 0.889. The summed E-state index contributed by atoms with van der Waals surface area (Å²) in [6.07, 6.45) is 2.51. The molecule has 3 heteroatoms. The van der Waals surface area contributed by atoms with Gasteiger partial charge in [-0.25, -0.2) is 0 Å². The molecule has 3 nitrogen and oxygen atoms in total. The van der Waals surface area contributed by atoms with Crippen LogP contribution in [0.5, 0.6) is 0 Å². The van der Waals surface area contributed by atoms with Gasteiger partial charge in [-0.1, -0.05) is 30.3 Å². The molecular formula is C18H28N2O. The van der Waals surface area contributed by atoms with Gasteiger partial charge in [-0.05, 0) is 52.0 Å². The molecule has 0 radical (unpaired) electrons. The lowest BCUT2D eigenvalue weighted by Gasteiger charge is -2.31. The molecule has 1 saturated carbocycles. The van der Waals surface area contributed by atoms with Crippen molar-refractivity contribution < 1.29 is 4.79 Å². The smallest absolute Gasteiger partial charge is 0.237 e. The van der Waals surface area contributed by atoms with E-state index in [1.54, 1.807) is 0 Å². The van der Waals surface area contributed by atoms with Crippen molar-refractivity contribution in [3.8, 4) is 0 Å². The molecule has 1 fully saturated rings. The predicted molar refractivity (Wildman–Crippen MR) is 86.9 cm³/mol. The number of nitrogens with one attached hydrogen (secondary N) is 1. The molecule has 21 heavy (non-hydrogen) atoms. The summed E-state index contributed by atoms with van der Waals surface area (Å²) < 4.78 is 0. The summed E-state index contributed by atoms with van der Waals surface area (Å²) in [6, 6.07) is 10.6. The third kappa shape index (κ3) is 5.16. The quantitative estimate of drug-likeness (QED) is 0.872. The molecule has 1 N–H and O–H groups in total. The first kappa shape index (κ1) is 16.0. The number of nitrogens with zero attached hydrogens (tertiary/aromatic N) is 1. The van der Waals surface area contributed by atoms with Gasteiger partial charge in [0.2, 0.25) is 5.91 Å². The molecule has 116 valence electrons. The van der Waals surface area contributed by atoms with Crippen LogP contribution in [0.4, 0.5) is 0 Å². The molecular weight excluding hydrogens is 260 g/mol. The van der Waals surface area contributed by atoms with Crippen LogP contribution in [0.3, 0.4) is 0 Å². The third-order valence-electron chi connectivity index (χ3n) is 4.08. The molecule has 0 spiro atoms. The number of hydrogen-bond acceptors (Lipinski definition) is 2. The third-order valence-corrected chi connectivity index (χ3v) is 4.08. The first-order valence-electron chi connectivity index (χ1n) is 7.95. The Kier molecular flexibility index (Phi) is 5.04. The summed E-state index contributed by atoms with van der Waals surface area (Å²) in [7, 11) is 0. The largest absolute Gasteiger partial charge is 0.334 e. The molecule has 1 aromatic carbocycles. The van der Waals surface area contributed by atoms with E-state index in [4.69, 9.17) is 0 Å². The number of carbonyl (C=O) groups is 1. The molecule has 1 amide bonds. The van der Waals surface area contributed by atoms with Gasteiger partial charge in [0.05, 0.1) is 6.54 Å². The van der Waals surface area contributed by atoms with Crippen molar-refractivity contribution >= 4 is 5.91 Å². The Hall–Kier alpha value is -1.35. The van der Waals surface area contributed by atoms with E-state index in [-0.39, 0.29) is 11.4 Å². The molecule has 0 heterocycles. The van der Waals surface area contributed by atoms with Gasteiger partial charge < -0.3 is 10.2 Å². The van der Waals surface area contributed by atoms with Crippen molar-refractivity contribution in [1.82, 2.24) is 10.2 Å². The standard InChI is InChI=1S/C18H28N2O/c1-14(16-10-11-16)20(13-15-8-6-5-7-9-15)17(21)12-19-18(2,3)4/h5-9,14,16,19H,10-13H2,1-4H3. The lowest BCUT2D eigenvalue weighted by molar-refractivity contribution is -0.133. The Morgan fingerprint density at radius 3 is 2.43 bits per heavy atom. The molecule has 1 aliphatic carbocycles. The van der Waals surface area contributed by atoms with Crippen LogP contribution >= 0.6 is 0 Å². The zero-order valence-electron chi connectivity index (χ0n) is 13.7. The fraction of sp³-hybridized carbons (Fsp3) is 0.611. The van der Waals surface area contributed by atoms with Crippen LogP contribution in [-0.4, -0.2) is 28.9 Å². The fourth-order valence-electron chi connectivity index (χ4n) is 2.51. The molecule has 1 unspecified atom stereocenters. The monoisotopic (exact) mass is 288 g/mol. The minimum atomic E-state index is -0.0309. The second kappa shape index (κ2) is 6.61. The topological polar surface area (TPSA) is 32.3 Å². The summed E-state index contributed by atoms with van der Waals surface area (Å²) >= 11 is 0. The Morgan fingerprint density at radius 1 is 1.29 bits per heavy atom. The highest BCUT2D eigenvalue weighted by molar-refractivity contribution is 5.78. The summed E-state index contributed by atoms with van der Waals surface area (Å²) in [5.41, 5.74) is 1.17. The van der Waals surface area contributed by atoms with Crippen LogP contribution in [0.1, 0.15) is 46.1 Å². The summed E-state index contributed by atoms with van der Waals surface area (Å²) in [6.45, 7) is 9.58. The van der Waals surface area contributed by atoms with Crippen molar-refractivity contribution in [2.75, 3.05) is 6.54 Å². The minimum Gasteiger partial charge on any atom is -0.334 e. The average Bonchev–Trinajstić information content (AvgIpc) is 3.26. The number of rotatable bonds is 6.